The summed E-state index contributed by atoms with van der Waals surface area (Å²) in [5.41, 5.74) is 0.755. The average Bonchev–Trinajstić information content (AvgIpc) is 2.92. The summed E-state index contributed by atoms with van der Waals surface area (Å²) in [6.45, 7) is 2.71. The summed E-state index contributed by atoms with van der Waals surface area (Å²) in [7, 11) is 0. The minimum atomic E-state index is 0.0104. The summed E-state index contributed by atoms with van der Waals surface area (Å²) in [5.74, 6) is 1.48. The van der Waals surface area contributed by atoms with Gasteiger partial charge in [-0.1, -0.05) is 0 Å². The number of hydrogen-bond donors (Lipinski definition) is 2. The van der Waals surface area contributed by atoms with E-state index in [1.807, 2.05) is 6.92 Å². The molecule has 1 aromatic rings. The fraction of sp³-hybridized carbons (Fsp3) is 0.700. The van der Waals surface area contributed by atoms with E-state index in [0.29, 0.717) is 12.5 Å². The van der Waals surface area contributed by atoms with Gasteiger partial charge in [0.25, 0.3) is 0 Å². The van der Waals surface area contributed by atoms with Crippen LogP contribution in [-0.4, -0.2) is 21.7 Å². The Hall–Kier alpha value is -0.870. The van der Waals surface area contributed by atoms with Crippen LogP contribution in [0.2, 0.25) is 0 Å². The molecule has 1 aliphatic rings. The molecule has 1 atom stereocenters. The summed E-state index contributed by atoms with van der Waals surface area (Å²) in [5, 5.41) is 8.90. The first kappa shape index (κ1) is 9.68. The van der Waals surface area contributed by atoms with Gasteiger partial charge in [-0.3, -0.25) is 0 Å². The van der Waals surface area contributed by atoms with Gasteiger partial charge >= 0.3 is 0 Å². The molecule has 1 unspecified atom stereocenters. The summed E-state index contributed by atoms with van der Waals surface area (Å²) >= 11 is 0. The van der Waals surface area contributed by atoms with Gasteiger partial charge in [-0.25, -0.2) is 4.98 Å². The van der Waals surface area contributed by atoms with E-state index in [1.54, 1.807) is 6.20 Å². The molecule has 0 spiro atoms. The van der Waals surface area contributed by atoms with Crippen LogP contribution in [0.25, 0.3) is 0 Å². The summed E-state index contributed by atoms with van der Waals surface area (Å²) < 4.78 is 5.63. The highest BCUT2D eigenvalue weighted by Crippen LogP contribution is 2.42. The second-order valence-electron chi connectivity index (χ2n) is 3.67. The van der Waals surface area contributed by atoms with Gasteiger partial charge in [0.05, 0.1) is 18.5 Å². The molecule has 1 heterocycles. The van der Waals surface area contributed by atoms with Crippen LogP contribution in [0, 0.1) is 5.92 Å². The van der Waals surface area contributed by atoms with Gasteiger partial charge in [0.15, 0.2) is 0 Å². The highest BCUT2D eigenvalue weighted by atomic mass is 16.5. The van der Waals surface area contributed by atoms with Gasteiger partial charge in [0.2, 0.25) is 0 Å². The Kier molecular flexibility index (Phi) is 2.84. The van der Waals surface area contributed by atoms with Gasteiger partial charge in [-0.2, -0.15) is 0 Å². The number of aliphatic hydroxyl groups excluding tert-OH is 1. The Morgan fingerprint density at radius 1 is 1.71 bits per heavy atom. The van der Waals surface area contributed by atoms with Crippen molar-refractivity contribution in [1.29, 1.82) is 0 Å². The predicted octanol–water partition coefficient (Wildman–Crippen LogP) is 1.39. The Bertz CT molecular complexity index is 294. The lowest BCUT2D eigenvalue weighted by Crippen LogP contribution is -2.08. The van der Waals surface area contributed by atoms with Crippen LogP contribution in [0.1, 0.15) is 37.4 Å². The molecule has 0 aliphatic heterocycles. The molecule has 0 aromatic carbocycles. The molecule has 1 saturated carbocycles. The Morgan fingerprint density at radius 3 is 3.00 bits per heavy atom. The van der Waals surface area contributed by atoms with Crippen LogP contribution in [0.15, 0.2) is 6.20 Å². The van der Waals surface area contributed by atoms with E-state index in [9.17, 15) is 0 Å². The van der Waals surface area contributed by atoms with Gasteiger partial charge in [-0.05, 0) is 25.7 Å². The van der Waals surface area contributed by atoms with Crippen LogP contribution in [0.5, 0.6) is 0 Å². The second kappa shape index (κ2) is 4.11. The zero-order valence-electron chi connectivity index (χ0n) is 8.36. The van der Waals surface area contributed by atoms with E-state index in [1.165, 1.54) is 12.8 Å². The molecule has 0 saturated heterocycles. The van der Waals surface area contributed by atoms with E-state index in [2.05, 4.69) is 9.97 Å². The lowest BCUT2D eigenvalue weighted by atomic mass is 10.2. The standard InChI is InChI=1S/C10H16N2O2/c1-2-14-9(7-3-4-7)10-11-5-8(6-13)12-10/h5,7,9,13H,2-4,6H2,1H3,(H,11,12). The first-order valence-corrected chi connectivity index (χ1v) is 5.11. The van der Waals surface area contributed by atoms with Gasteiger partial charge < -0.3 is 14.8 Å². The van der Waals surface area contributed by atoms with Crippen LogP contribution < -0.4 is 0 Å². The third-order valence-electron chi connectivity index (χ3n) is 2.48. The maximum Gasteiger partial charge on any atom is 0.135 e. The number of H-pyrrole nitrogens is 1. The zero-order valence-corrected chi connectivity index (χ0v) is 8.36. The molecule has 78 valence electrons. The first-order valence-electron chi connectivity index (χ1n) is 5.11. The Labute approximate surface area is 83.3 Å². The quantitative estimate of drug-likeness (QED) is 0.748. The molecule has 0 bridgehead atoms. The lowest BCUT2D eigenvalue weighted by Gasteiger charge is -2.13. The molecule has 0 amide bonds. The van der Waals surface area contributed by atoms with Gasteiger partial charge in [0, 0.05) is 6.61 Å². The fourth-order valence-corrected chi connectivity index (χ4v) is 1.62. The number of nitrogens with zero attached hydrogens (tertiary/aromatic N) is 1. The van der Waals surface area contributed by atoms with Crippen molar-refractivity contribution in [1.82, 2.24) is 9.97 Å². The molecular formula is C10H16N2O2. The smallest absolute Gasteiger partial charge is 0.135 e. The first-order chi connectivity index (χ1) is 6.85. The number of rotatable bonds is 5. The van der Waals surface area contributed by atoms with Crippen molar-refractivity contribution in [3.63, 3.8) is 0 Å². The van der Waals surface area contributed by atoms with Gasteiger partial charge in [-0.15, -0.1) is 0 Å². The molecule has 1 fully saturated rings. The summed E-state index contributed by atoms with van der Waals surface area (Å²) in [6, 6.07) is 0. The third-order valence-corrected chi connectivity index (χ3v) is 2.48. The van der Waals surface area contributed by atoms with Crippen molar-refractivity contribution < 1.29 is 9.84 Å². The minimum Gasteiger partial charge on any atom is -0.390 e. The minimum absolute atomic E-state index is 0.0104. The number of aromatic nitrogens is 2. The highest BCUT2D eigenvalue weighted by Gasteiger charge is 2.34. The molecule has 2 rings (SSSR count). The number of aliphatic hydroxyl groups is 1. The predicted molar refractivity (Wildman–Crippen MR) is 51.6 cm³/mol. The van der Waals surface area contributed by atoms with Crippen molar-refractivity contribution in [3.8, 4) is 0 Å². The van der Waals surface area contributed by atoms with Crippen LogP contribution in [0.4, 0.5) is 0 Å². The topological polar surface area (TPSA) is 58.1 Å². The average molecular weight is 196 g/mol. The van der Waals surface area contributed by atoms with Gasteiger partial charge in [0.1, 0.15) is 11.9 Å². The largest absolute Gasteiger partial charge is 0.390 e. The fourth-order valence-electron chi connectivity index (χ4n) is 1.62. The Balaban J connectivity index is 2.08. The van der Waals surface area contributed by atoms with E-state index in [0.717, 1.165) is 11.5 Å². The number of hydrogen-bond acceptors (Lipinski definition) is 3. The molecule has 14 heavy (non-hydrogen) atoms. The molecule has 4 nitrogen and oxygen atoms in total. The molecule has 4 heteroatoms. The number of imidazole rings is 1. The summed E-state index contributed by atoms with van der Waals surface area (Å²) in [4.78, 5) is 7.31. The van der Waals surface area contributed by atoms with E-state index in [-0.39, 0.29) is 12.7 Å². The SMILES string of the molecule is CCOC(c1ncc(CO)[nH]1)C1CC1. The normalized spacial score (nSPS) is 18.4. The van der Waals surface area contributed by atoms with E-state index >= 15 is 0 Å². The van der Waals surface area contributed by atoms with E-state index in [4.69, 9.17) is 9.84 Å². The van der Waals surface area contributed by atoms with Crippen molar-refractivity contribution in [2.45, 2.75) is 32.5 Å². The second-order valence-corrected chi connectivity index (χ2v) is 3.67. The monoisotopic (exact) mass is 196 g/mol. The number of nitrogens with one attached hydrogen (secondary N) is 1. The van der Waals surface area contributed by atoms with Crippen LogP contribution in [0.3, 0.4) is 0 Å². The maximum absolute atomic E-state index is 8.90. The maximum atomic E-state index is 8.90. The molecule has 1 aromatic heterocycles. The van der Waals surface area contributed by atoms with Crippen LogP contribution >= 0.6 is 0 Å². The Morgan fingerprint density at radius 2 is 2.50 bits per heavy atom. The van der Waals surface area contributed by atoms with Crippen molar-refractivity contribution in [2.75, 3.05) is 6.61 Å². The molecule has 1 aliphatic carbocycles. The molecule has 2 N–H and O–H groups in total. The van der Waals surface area contributed by atoms with Crippen molar-refractivity contribution in [2.24, 2.45) is 5.92 Å². The van der Waals surface area contributed by atoms with Crippen molar-refractivity contribution >= 4 is 0 Å². The summed E-state index contributed by atoms with van der Waals surface area (Å²) in [6.07, 6.45) is 4.21. The lowest BCUT2D eigenvalue weighted by molar-refractivity contribution is 0.0405. The molecule has 0 radical (unpaired) electrons. The number of aromatic amines is 1. The van der Waals surface area contributed by atoms with E-state index < -0.39 is 0 Å². The van der Waals surface area contributed by atoms with Crippen LogP contribution in [-0.2, 0) is 11.3 Å². The molecular weight excluding hydrogens is 180 g/mol. The highest BCUT2D eigenvalue weighted by molar-refractivity contribution is 5.05. The number of ether oxygens (including phenoxy) is 1. The zero-order chi connectivity index (χ0) is 9.97. The third kappa shape index (κ3) is 1.96. The van der Waals surface area contributed by atoms with Crippen molar-refractivity contribution in [3.05, 3.63) is 17.7 Å².